The average Bonchev–Trinajstić information content (AvgIpc) is 2.78. The average molecular weight is 494 g/mol. The minimum Gasteiger partial charge on any atom is -0.444 e. The maximum absolute atomic E-state index is 12.3. The van der Waals surface area contributed by atoms with Gasteiger partial charge < -0.3 is 15.2 Å². The molecule has 3 amide bonds. The van der Waals surface area contributed by atoms with Crippen molar-refractivity contribution in [2.24, 2.45) is 0 Å². The van der Waals surface area contributed by atoms with Gasteiger partial charge in [0.25, 0.3) is 11.8 Å². The molecule has 0 aliphatic heterocycles. The second-order valence-electron chi connectivity index (χ2n) is 8.45. The third kappa shape index (κ3) is 9.90. The van der Waals surface area contributed by atoms with Gasteiger partial charge in [-0.2, -0.15) is 0 Å². The number of ether oxygens (including phenoxy) is 1. The van der Waals surface area contributed by atoms with E-state index in [2.05, 4.69) is 34.3 Å². The van der Waals surface area contributed by atoms with Crippen LogP contribution in [0, 0.1) is 23.7 Å². The third-order valence-electron chi connectivity index (χ3n) is 4.29. The highest BCUT2D eigenvalue weighted by Gasteiger charge is 2.25. The van der Waals surface area contributed by atoms with Crippen LogP contribution in [0.25, 0.3) is 0 Å². The summed E-state index contributed by atoms with van der Waals surface area (Å²) >= 11 is 0. The van der Waals surface area contributed by atoms with E-state index in [1.807, 2.05) is 0 Å². The maximum atomic E-state index is 12.3. The van der Waals surface area contributed by atoms with Crippen LogP contribution in [0.5, 0.6) is 0 Å². The summed E-state index contributed by atoms with van der Waals surface area (Å²) in [4.78, 5) is 35.7. The Bertz CT molecular complexity index is 1190. The van der Waals surface area contributed by atoms with Gasteiger partial charge in [-0.15, -0.1) is 0 Å². The summed E-state index contributed by atoms with van der Waals surface area (Å²) in [5.41, 5.74) is 2.85. The summed E-state index contributed by atoms with van der Waals surface area (Å²) in [6, 6.07) is 11.9. The Kier molecular flexibility index (Phi) is 11.2. The van der Waals surface area contributed by atoms with Gasteiger partial charge in [0, 0.05) is 22.4 Å². The SMILES string of the molecule is C.C[C@@H](O)[C@H](NC(=O)c1ccc(C#CC#Cc2cccc(NC(=O)OC(C)(C)C)c2)cc1)C(=O)NO. The zero-order valence-electron chi connectivity index (χ0n) is 19.8. The number of hydrogen-bond acceptors (Lipinski definition) is 6. The minimum absolute atomic E-state index is 0. The molecule has 9 heteroatoms. The lowest BCUT2D eigenvalue weighted by Gasteiger charge is -2.19. The number of aliphatic hydroxyl groups excluding tert-OH is 1. The standard InChI is InChI=1S/C26H27N3O6.CH4/c1-17(30)22(24(32)29-34)28-23(31)20-14-12-18(13-15-20)8-5-6-9-19-10-7-11-21(16-19)27-25(33)35-26(2,3)4;/h7,10-17,22,30,34H,1-4H3,(H,27,33)(H,28,31)(H,29,32);1H4/t17-,22+;/m1./s1. The molecule has 0 saturated heterocycles. The lowest BCUT2D eigenvalue weighted by atomic mass is 10.1. The molecule has 5 N–H and O–H groups in total. The number of aliphatic hydroxyl groups is 1. The quantitative estimate of drug-likeness (QED) is 0.247. The number of carbonyl (C=O) groups excluding carboxylic acids is 3. The molecule has 2 aromatic rings. The zero-order valence-corrected chi connectivity index (χ0v) is 19.8. The van der Waals surface area contributed by atoms with Crippen molar-refractivity contribution in [3.05, 3.63) is 65.2 Å². The van der Waals surface area contributed by atoms with Crippen LogP contribution in [0.3, 0.4) is 0 Å². The van der Waals surface area contributed by atoms with Crippen LogP contribution < -0.4 is 16.1 Å². The van der Waals surface area contributed by atoms with E-state index < -0.39 is 35.7 Å². The van der Waals surface area contributed by atoms with Crippen molar-refractivity contribution in [1.29, 1.82) is 0 Å². The summed E-state index contributed by atoms with van der Waals surface area (Å²) in [5, 5.41) is 23.3. The molecular weight excluding hydrogens is 462 g/mol. The molecule has 0 aliphatic carbocycles. The van der Waals surface area contributed by atoms with Gasteiger partial charge in [-0.25, -0.2) is 10.3 Å². The molecular formula is C27H31N3O6. The fourth-order valence-electron chi connectivity index (χ4n) is 2.71. The number of hydrogen-bond donors (Lipinski definition) is 5. The highest BCUT2D eigenvalue weighted by Crippen LogP contribution is 2.13. The number of benzene rings is 2. The predicted molar refractivity (Wildman–Crippen MR) is 136 cm³/mol. The normalized spacial score (nSPS) is 11.6. The van der Waals surface area contributed by atoms with Crippen molar-refractivity contribution in [3.8, 4) is 23.7 Å². The summed E-state index contributed by atoms with van der Waals surface area (Å²) in [5.74, 6) is 9.68. The zero-order chi connectivity index (χ0) is 26.0. The van der Waals surface area contributed by atoms with Crippen LogP contribution in [0.2, 0.25) is 0 Å². The summed E-state index contributed by atoms with van der Waals surface area (Å²) < 4.78 is 5.22. The van der Waals surface area contributed by atoms with Gasteiger partial charge in [0.05, 0.1) is 6.10 Å². The van der Waals surface area contributed by atoms with Crippen LogP contribution in [0.4, 0.5) is 10.5 Å². The van der Waals surface area contributed by atoms with E-state index in [1.165, 1.54) is 24.5 Å². The Hall–Kier alpha value is -4.31. The lowest BCUT2D eigenvalue weighted by molar-refractivity contribution is -0.133. The van der Waals surface area contributed by atoms with Gasteiger partial charge in [0.15, 0.2) is 0 Å². The first-order valence-electron chi connectivity index (χ1n) is 10.6. The van der Waals surface area contributed by atoms with E-state index in [9.17, 15) is 19.5 Å². The molecule has 190 valence electrons. The monoisotopic (exact) mass is 493 g/mol. The van der Waals surface area contributed by atoms with Gasteiger partial charge in [-0.3, -0.25) is 20.1 Å². The Morgan fingerprint density at radius 3 is 2.14 bits per heavy atom. The molecule has 0 heterocycles. The summed E-state index contributed by atoms with van der Waals surface area (Å²) in [7, 11) is 0. The molecule has 0 bridgehead atoms. The van der Waals surface area contributed by atoms with Crippen molar-refractivity contribution >= 4 is 23.6 Å². The molecule has 2 atom stereocenters. The first kappa shape index (κ1) is 29.7. The molecule has 2 aromatic carbocycles. The predicted octanol–water partition coefficient (Wildman–Crippen LogP) is 3.06. The Morgan fingerprint density at radius 1 is 0.972 bits per heavy atom. The highest BCUT2D eigenvalue weighted by atomic mass is 16.6. The van der Waals surface area contributed by atoms with Crippen molar-refractivity contribution in [2.45, 2.75) is 52.9 Å². The first-order chi connectivity index (χ1) is 16.5. The first-order valence-corrected chi connectivity index (χ1v) is 10.6. The topological polar surface area (TPSA) is 137 Å². The summed E-state index contributed by atoms with van der Waals surface area (Å²) in [6.45, 7) is 6.65. The molecule has 0 fully saturated rings. The third-order valence-corrected chi connectivity index (χ3v) is 4.29. The fourth-order valence-corrected chi connectivity index (χ4v) is 2.71. The van der Waals surface area contributed by atoms with E-state index >= 15 is 0 Å². The van der Waals surface area contributed by atoms with E-state index in [4.69, 9.17) is 9.94 Å². The molecule has 0 aromatic heterocycles. The number of hydroxylamine groups is 1. The van der Waals surface area contributed by atoms with Crippen LogP contribution in [0.15, 0.2) is 48.5 Å². The molecule has 9 nitrogen and oxygen atoms in total. The summed E-state index contributed by atoms with van der Waals surface area (Å²) in [6.07, 6.45) is -1.76. The number of nitrogens with one attached hydrogen (secondary N) is 3. The lowest BCUT2D eigenvalue weighted by Crippen LogP contribution is -2.51. The molecule has 0 saturated carbocycles. The van der Waals surface area contributed by atoms with Gasteiger partial charge in [-0.1, -0.05) is 25.3 Å². The van der Waals surface area contributed by atoms with Crippen molar-refractivity contribution in [1.82, 2.24) is 10.8 Å². The number of anilines is 1. The van der Waals surface area contributed by atoms with Crippen LogP contribution in [-0.2, 0) is 9.53 Å². The molecule has 2 rings (SSSR count). The van der Waals surface area contributed by atoms with Crippen LogP contribution in [-0.4, -0.2) is 46.0 Å². The van der Waals surface area contributed by atoms with E-state index in [-0.39, 0.29) is 13.0 Å². The van der Waals surface area contributed by atoms with Crippen LogP contribution >= 0.6 is 0 Å². The second-order valence-corrected chi connectivity index (χ2v) is 8.45. The van der Waals surface area contributed by atoms with Crippen molar-refractivity contribution in [2.75, 3.05) is 5.32 Å². The maximum Gasteiger partial charge on any atom is 0.412 e. The number of amides is 3. The van der Waals surface area contributed by atoms with E-state index in [0.29, 0.717) is 16.8 Å². The van der Waals surface area contributed by atoms with Crippen molar-refractivity contribution < 1.29 is 29.4 Å². The Balaban J connectivity index is 0.00000648. The second kappa shape index (κ2) is 13.5. The molecule has 0 aliphatic rings. The van der Waals surface area contributed by atoms with E-state index in [1.54, 1.807) is 57.2 Å². The largest absolute Gasteiger partial charge is 0.444 e. The highest BCUT2D eigenvalue weighted by molar-refractivity contribution is 5.97. The Morgan fingerprint density at radius 2 is 1.58 bits per heavy atom. The molecule has 36 heavy (non-hydrogen) atoms. The minimum atomic E-state index is -1.31. The van der Waals surface area contributed by atoms with E-state index in [0.717, 1.165) is 0 Å². The van der Waals surface area contributed by atoms with Crippen molar-refractivity contribution in [3.63, 3.8) is 0 Å². The molecule has 0 radical (unpaired) electrons. The van der Waals surface area contributed by atoms with Gasteiger partial charge in [0.2, 0.25) is 0 Å². The molecule has 0 unspecified atom stereocenters. The van der Waals surface area contributed by atoms with Crippen LogP contribution in [0.1, 0.15) is 56.6 Å². The molecule has 0 spiro atoms. The number of rotatable bonds is 5. The smallest absolute Gasteiger partial charge is 0.412 e. The Labute approximate surface area is 211 Å². The fraction of sp³-hybridized carbons (Fsp3) is 0.296. The number of carbonyl (C=O) groups is 3. The van der Waals surface area contributed by atoms with Gasteiger partial charge in [-0.05, 0) is 82.0 Å². The van der Waals surface area contributed by atoms with Gasteiger partial charge >= 0.3 is 6.09 Å². The van der Waals surface area contributed by atoms with Gasteiger partial charge in [0.1, 0.15) is 11.6 Å².